The molecule has 41 heavy (non-hydrogen) atoms. The summed E-state index contributed by atoms with van der Waals surface area (Å²) < 4.78 is 45.7. The SMILES string of the molecule is CC(=O)OCc1cc(OCCCS(C)(=O)=O)cc(C)c1-c1cccc(COc2ccc3c(c2)OC[C@H]3CC(=O)O)c1. The van der Waals surface area contributed by atoms with Crippen LogP contribution in [-0.2, 0) is 37.4 Å². The van der Waals surface area contributed by atoms with Crippen LogP contribution in [0.1, 0.15) is 47.9 Å². The van der Waals surface area contributed by atoms with Crippen molar-refractivity contribution in [2.75, 3.05) is 25.2 Å². The minimum Gasteiger partial charge on any atom is -0.494 e. The van der Waals surface area contributed by atoms with Gasteiger partial charge in [0.05, 0.1) is 25.4 Å². The van der Waals surface area contributed by atoms with E-state index in [-0.39, 0.29) is 31.3 Å². The van der Waals surface area contributed by atoms with E-state index in [1.54, 1.807) is 6.07 Å². The highest BCUT2D eigenvalue weighted by Gasteiger charge is 2.26. The number of benzene rings is 3. The van der Waals surface area contributed by atoms with E-state index in [4.69, 9.17) is 24.1 Å². The Kier molecular flexibility index (Phi) is 9.54. The molecule has 1 aliphatic rings. The van der Waals surface area contributed by atoms with Crippen LogP contribution >= 0.6 is 0 Å². The van der Waals surface area contributed by atoms with Crippen molar-refractivity contribution in [1.29, 1.82) is 0 Å². The van der Waals surface area contributed by atoms with E-state index in [0.29, 0.717) is 36.9 Å². The van der Waals surface area contributed by atoms with Gasteiger partial charge in [0, 0.05) is 36.3 Å². The lowest BCUT2D eigenvalue weighted by atomic mass is 9.94. The van der Waals surface area contributed by atoms with Gasteiger partial charge in [-0.2, -0.15) is 0 Å². The molecular formula is C31H34O9S. The number of ether oxygens (including phenoxy) is 4. The van der Waals surface area contributed by atoms with E-state index in [1.165, 1.54) is 13.2 Å². The zero-order chi connectivity index (χ0) is 29.6. The molecule has 0 saturated carbocycles. The summed E-state index contributed by atoms with van der Waals surface area (Å²) in [6, 6.07) is 17.0. The van der Waals surface area contributed by atoms with Crippen LogP contribution < -0.4 is 14.2 Å². The number of esters is 1. The summed E-state index contributed by atoms with van der Waals surface area (Å²) in [5, 5.41) is 9.11. The van der Waals surface area contributed by atoms with Crippen molar-refractivity contribution >= 4 is 21.8 Å². The molecule has 0 saturated heterocycles. The molecule has 4 rings (SSSR count). The molecule has 0 fully saturated rings. The topological polar surface area (TPSA) is 125 Å². The fraction of sp³-hybridized carbons (Fsp3) is 0.355. The third kappa shape index (κ3) is 8.47. The minimum absolute atomic E-state index is 0.0230. The fourth-order valence-corrected chi connectivity index (χ4v) is 5.48. The van der Waals surface area contributed by atoms with Crippen LogP contribution in [0, 0.1) is 6.92 Å². The third-order valence-corrected chi connectivity index (χ3v) is 7.69. The number of aryl methyl sites for hydroxylation is 1. The van der Waals surface area contributed by atoms with Crippen molar-refractivity contribution in [2.45, 2.75) is 45.8 Å². The summed E-state index contributed by atoms with van der Waals surface area (Å²) in [6.07, 6.45) is 1.59. The Morgan fingerprint density at radius 2 is 1.83 bits per heavy atom. The largest absolute Gasteiger partial charge is 0.494 e. The van der Waals surface area contributed by atoms with Crippen LogP contribution in [0.25, 0.3) is 11.1 Å². The lowest BCUT2D eigenvalue weighted by Crippen LogP contribution is -2.08. The van der Waals surface area contributed by atoms with E-state index in [2.05, 4.69) is 0 Å². The molecule has 0 radical (unpaired) electrons. The monoisotopic (exact) mass is 582 g/mol. The predicted molar refractivity (Wildman–Crippen MR) is 153 cm³/mol. The number of carboxylic acids is 1. The van der Waals surface area contributed by atoms with Gasteiger partial charge in [-0.15, -0.1) is 0 Å². The Morgan fingerprint density at radius 1 is 1.02 bits per heavy atom. The van der Waals surface area contributed by atoms with Crippen molar-refractivity contribution in [3.8, 4) is 28.4 Å². The van der Waals surface area contributed by atoms with Crippen LogP contribution in [0.2, 0.25) is 0 Å². The molecule has 1 atom stereocenters. The van der Waals surface area contributed by atoms with Crippen molar-refractivity contribution < 1.29 is 42.1 Å². The van der Waals surface area contributed by atoms with Crippen LogP contribution in [0.3, 0.4) is 0 Å². The number of carboxylic acid groups (broad SMARTS) is 1. The molecule has 1 aliphatic heterocycles. The molecule has 9 nitrogen and oxygen atoms in total. The summed E-state index contributed by atoms with van der Waals surface area (Å²) >= 11 is 0. The first-order chi connectivity index (χ1) is 19.5. The molecule has 1 heterocycles. The average molecular weight is 583 g/mol. The first-order valence-corrected chi connectivity index (χ1v) is 15.3. The first kappa shape index (κ1) is 29.9. The lowest BCUT2D eigenvalue weighted by molar-refractivity contribution is -0.142. The summed E-state index contributed by atoms with van der Waals surface area (Å²) in [5.41, 5.74) is 5.31. The van der Waals surface area contributed by atoms with Gasteiger partial charge in [-0.1, -0.05) is 24.3 Å². The Morgan fingerprint density at radius 3 is 2.56 bits per heavy atom. The molecule has 0 amide bonds. The maximum Gasteiger partial charge on any atom is 0.304 e. The maximum absolute atomic E-state index is 11.6. The Bertz CT molecular complexity index is 1530. The van der Waals surface area contributed by atoms with Gasteiger partial charge >= 0.3 is 11.9 Å². The van der Waals surface area contributed by atoms with Gasteiger partial charge in [0.1, 0.15) is 40.3 Å². The number of sulfone groups is 1. The van der Waals surface area contributed by atoms with Gasteiger partial charge in [-0.3, -0.25) is 9.59 Å². The average Bonchev–Trinajstić information content (AvgIpc) is 3.29. The van der Waals surface area contributed by atoms with E-state index >= 15 is 0 Å². The highest BCUT2D eigenvalue weighted by Crippen LogP contribution is 2.38. The zero-order valence-electron chi connectivity index (χ0n) is 23.3. The van der Waals surface area contributed by atoms with Crippen LogP contribution in [0.4, 0.5) is 0 Å². The van der Waals surface area contributed by atoms with Gasteiger partial charge in [0.15, 0.2) is 0 Å². The number of carbonyl (C=O) groups excluding carboxylic acids is 1. The summed E-state index contributed by atoms with van der Waals surface area (Å²) in [4.78, 5) is 22.7. The van der Waals surface area contributed by atoms with Crippen LogP contribution in [0.5, 0.6) is 17.2 Å². The van der Waals surface area contributed by atoms with Gasteiger partial charge < -0.3 is 24.1 Å². The normalized spacial score (nSPS) is 14.2. The lowest BCUT2D eigenvalue weighted by Gasteiger charge is -2.17. The maximum atomic E-state index is 11.6. The Hall–Kier alpha value is -4.05. The predicted octanol–water partition coefficient (Wildman–Crippen LogP) is 5.07. The third-order valence-electron chi connectivity index (χ3n) is 6.66. The second kappa shape index (κ2) is 13.1. The van der Waals surface area contributed by atoms with Gasteiger partial charge in [0.25, 0.3) is 0 Å². The van der Waals surface area contributed by atoms with E-state index < -0.39 is 21.8 Å². The molecule has 0 aliphatic carbocycles. The van der Waals surface area contributed by atoms with Gasteiger partial charge in [0.2, 0.25) is 0 Å². The van der Waals surface area contributed by atoms with Crippen molar-refractivity contribution in [2.24, 2.45) is 0 Å². The van der Waals surface area contributed by atoms with Crippen LogP contribution in [0.15, 0.2) is 54.6 Å². The minimum atomic E-state index is -3.07. The molecule has 3 aromatic carbocycles. The molecule has 0 aromatic heterocycles. The molecule has 0 spiro atoms. The van der Waals surface area contributed by atoms with Crippen molar-refractivity contribution in [3.63, 3.8) is 0 Å². The quantitative estimate of drug-likeness (QED) is 0.217. The molecule has 218 valence electrons. The van der Waals surface area contributed by atoms with Gasteiger partial charge in [-0.05, 0) is 59.9 Å². The van der Waals surface area contributed by atoms with E-state index in [0.717, 1.165) is 33.4 Å². The molecular weight excluding hydrogens is 548 g/mol. The summed E-state index contributed by atoms with van der Waals surface area (Å²) in [5.74, 6) is 0.463. The van der Waals surface area contributed by atoms with Gasteiger partial charge in [-0.25, -0.2) is 8.42 Å². The van der Waals surface area contributed by atoms with Crippen molar-refractivity contribution in [3.05, 3.63) is 76.9 Å². The number of hydrogen-bond acceptors (Lipinski definition) is 8. The molecule has 0 unspecified atom stereocenters. The molecule has 10 heteroatoms. The molecule has 0 bridgehead atoms. The summed E-state index contributed by atoms with van der Waals surface area (Å²) in [7, 11) is -3.07. The molecule has 3 aromatic rings. The number of hydrogen-bond donors (Lipinski definition) is 1. The number of rotatable bonds is 13. The standard InChI is InChI=1S/C31H34O9S/c1-20-12-27(37-10-5-11-41(3,35)36)14-25(19-38-21(2)32)31(20)23-7-4-6-22(13-23)17-39-26-8-9-28-24(15-30(33)34)18-40-29(28)16-26/h4,6-9,12-14,16,24H,5,10-11,15,17-19H2,1-3H3,(H,33,34)/t24-/m1/s1. The van der Waals surface area contributed by atoms with E-state index in [9.17, 15) is 18.0 Å². The second-order valence-electron chi connectivity index (χ2n) is 10.2. The van der Waals surface area contributed by atoms with Crippen LogP contribution in [-0.4, -0.2) is 50.7 Å². The molecule has 1 N–H and O–H groups in total. The van der Waals surface area contributed by atoms with Crippen molar-refractivity contribution in [1.82, 2.24) is 0 Å². The second-order valence-corrected chi connectivity index (χ2v) is 12.4. The number of carbonyl (C=O) groups is 2. The first-order valence-electron chi connectivity index (χ1n) is 13.3. The Balaban J connectivity index is 1.50. The Labute approximate surface area is 239 Å². The fourth-order valence-electron chi connectivity index (χ4n) is 4.83. The number of aliphatic carboxylic acids is 1. The summed E-state index contributed by atoms with van der Waals surface area (Å²) in [6.45, 7) is 4.25. The van der Waals surface area contributed by atoms with E-state index in [1.807, 2.05) is 55.5 Å². The highest BCUT2D eigenvalue weighted by molar-refractivity contribution is 7.90. The number of fused-ring (bicyclic) bond motifs is 1. The zero-order valence-corrected chi connectivity index (χ0v) is 24.2. The smallest absolute Gasteiger partial charge is 0.304 e. The highest BCUT2D eigenvalue weighted by atomic mass is 32.2.